The highest BCUT2D eigenvalue weighted by molar-refractivity contribution is 9.10. The zero-order chi connectivity index (χ0) is 14.7. The first kappa shape index (κ1) is 14.9. The number of carbonyl (C=O) groups excluding carboxylic acids is 1. The SMILES string of the molecule is CCCc1cccc(C(=O)c2ccc(F)c(F)c2Br)c1. The van der Waals surface area contributed by atoms with E-state index in [-0.39, 0.29) is 15.8 Å². The van der Waals surface area contributed by atoms with E-state index in [0.717, 1.165) is 24.5 Å². The molecule has 4 heteroatoms. The van der Waals surface area contributed by atoms with Gasteiger partial charge in [0, 0.05) is 11.1 Å². The fourth-order valence-corrected chi connectivity index (χ4v) is 2.52. The van der Waals surface area contributed by atoms with Gasteiger partial charge in [-0.1, -0.05) is 31.5 Å². The molecule has 2 aromatic rings. The fraction of sp³-hybridized carbons (Fsp3) is 0.188. The molecule has 0 fully saturated rings. The zero-order valence-corrected chi connectivity index (χ0v) is 12.5. The van der Waals surface area contributed by atoms with E-state index < -0.39 is 11.6 Å². The number of hydrogen-bond acceptors (Lipinski definition) is 1. The highest BCUT2D eigenvalue weighted by Crippen LogP contribution is 2.25. The minimum Gasteiger partial charge on any atom is -0.289 e. The van der Waals surface area contributed by atoms with Gasteiger partial charge in [0.25, 0.3) is 0 Å². The predicted molar refractivity (Wildman–Crippen MR) is 77.9 cm³/mol. The van der Waals surface area contributed by atoms with Crippen molar-refractivity contribution in [3.63, 3.8) is 0 Å². The minimum atomic E-state index is -1.04. The molecule has 0 aliphatic carbocycles. The largest absolute Gasteiger partial charge is 0.289 e. The monoisotopic (exact) mass is 338 g/mol. The van der Waals surface area contributed by atoms with Crippen molar-refractivity contribution in [2.24, 2.45) is 0 Å². The first-order chi connectivity index (χ1) is 9.54. The molecule has 1 nitrogen and oxygen atoms in total. The standard InChI is InChI=1S/C16H13BrF2O/c1-2-4-10-5-3-6-11(9-10)16(20)12-7-8-13(18)15(19)14(12)17/h3,5-9H,2,4H2,1H3. The quantitative estimate of drug-likeness (QED) is 0.571. The van der Waals surface area contributed by atoms with Gasteiger partial charge >= 0.3 is 0 Å². The Morgan fingerprint density at radius 3 is 2.65 bits per heavy atom. The molecule has 0 bridgehead atoms. The van der Waals surface area contributed by atoms with Crippen molar-refractivity contribution >= 4 is 21.7 Å². The maximum absolute atomic E-state index is 13.5. The van der Waals surface area contributed by atoms with Crippen LogP contribution >= 0.6 is 15.9 Å². The lowest BCUT2D eigenvalue weighted by atomic mass is 10.00. The number of halogens is 3. The van der Waals surface area contributed by atoms with E-state index in [0.29, 0.717) is 5.56 Å². The van der Waals surface area contributed by atoms with Crippen molar-refractivity contribution in [1.29, 1.82) is 0 Å². The molecule has 0 heterocycles. The van der Waals surface area contributed by atoms with Crippen molar-refractivity contribution in [2.75, 3.05) is 0 Å². The van der Waals surface area contributed by atoms with E-state index in [1.165, 1.54) is 6.07 Å². The van der Waals surface area contributed by atoms with Gasteiger partial charge in [-0.05, 0) is 46.1 Å². The maximum Gasteiger partial charge on any atom is 0.194 e. The Kier molecular flexibility index (Phi) is 4.65. The molecule has 0 aliphatic rings. The van der Waals surface area contributed by atoms with Crippen molar-refractivity contribution < 1.29 is 13.6 Å². The second-order valence-electron chi connectivity index (χ2n) is 4.50. The Morgan fingerprint density at radius 1 is 1.20 bits per heavy atom. The maximum atomic E-state index is 13.5. The second-order valence-corrected chi connectivity index (χ2v) is 5.30. The Hall–Kier alpha value is -1.55. The summed E-state index contributed by atoms with van der Waals surface area (Å²) in [5.74, 6) is -2.34. The summed E-state index contributed by atoms with van der Waals surface area (Å²) in [5, 5.41) is 0. The van der Waals surface area contributed by atoms with Crippen molar-refractivity contribution in [3.05, 3.63) is 69.2 Å². The van der Waals surface area contributed by atoms with Crippen LogP contribution in [0.4, 0.5) is 8.78 Å². The summed E-state index contributed by atoms with van der Waals surface area (Å²) in [6.07, 6.45) is 1.85. The van der Waals surface area contributed by atoms with Crippen LogP contribution in [0.15, 0.2) is 40.9 Å². The van der Waals surface area contributed by atoms with Crippen molar-refractivity contribution in [3.8, 4) is 0 Å². The van der Waals surface area contributed by atoms with Crippen LogP contribution in [0.25, 0.3) is 0 Å². The van der Waals surface area contributed by atoms with Gasteiger partial charge in [-0.2, -0.15) is 0 Å². The van der Waals surface area contributed by atoms with E-state index in [1.54, 1.807) is 18.2 Å². The Bertz CT molecular complexity index is 653. The topological polar surface area (TPSA) is 17.1 Å². The van der Waals surface area contributed by atoms with Crippen LogP contribution in [0.5, 0.6) is 0 Å². The van der Waals surface area contributed by atoms with E-state index in [2.05, 4.69) is 22.9 Å². The van der Waals surface area contributed by atoms with Crippen LogP contribution in [0.1, 0.15) is 34.8 Å². The van der Waals surface area contributed by atoms with E-state index in [4.69, 9.17) is 0 Å². The third-order valence-corrected chi connectivity index (χ3v) is 3.78. The molecule has 0 aromatic heterocycles. The summed E-state index contributed by atoms with van der Waals surface area (Å²) < 4.78 is 26.4. The summed E-state index contributed by atoms with van der Waals surface area (Å²) in [6.45, 7) is 2.06. The van der Waals surface area contributed by atoms with E-state index in [1.807, 2.05) is 6.07 Å². The molecule has 0 unspecified atom stereocenters. The smallest absolute Gasteiger partial charge is 0.194 e. The summed E-state index contributed by atoms with van der Waals surface area (Å²) >= 11 is 2.94. The first-order valence-corrected chi connectivity index (χ1v) is 7.11. The fourth-order valence-electron chi connectivity index (χ4n) is 2.01. The summed E-state index contributed by atoms with van der Waals surface area (Å²) in [5.41, 5.74) is 1.65. The second kappa shape index (κ2) is 6.27. The van der Waals surface area contributed by atoms with Crippen LogP contribution in [-0.4, -0.2) is 5.78 Å². The van der Waals surface area contributed by atoms with Gasteiger partial charge in [0.2, 0.25) is 0 Å². The van der Waals surface area contributed by atoms with Gasteiger partial charge in [0.15, 0.2) is 17.4 Å². The first-order valence-electron chi connectivity index (χ1n) is 6.31. The third-order valence-electron chi connectivity index (χ3n) is 3.01. The zero-order valence-electron chi connectivity index (χ0n) is 10.9. The van der Waals surface area contributed by atoms with Gasteiger partial charge in [-0.25, -0.2) is 8.78 Å². The lowest BCUT2D eigenvalue weighted by Crippen LogP contribution is -2.05. The molecular weight excluding hydrogens is 326 g/mol. The number of hydrogen-bond donors (Lipinski definition) is 0. The lowest BCUT2D eigenvalue weighted by molar-refractivity contribution is 0.103. The van der Waals surface area contributed by atoms with Crippen LogP contribution in [0, 0.1) is 11.6 Å². The molecule has 104 valence electrons. The number of rotatable bonds is 4. The highest BCUT2D eigenvalue weighted by Gasteiger charge is 2.18. The molecule has 2 aromatic carbocycles. The summed E-state index contributed by atoms with van der Waals surface area (Å²) in [6, 6.07) is 9.46. The molecule has 0 amide bonds. The number of benzene rings is 2. The highest BCUT2D eigenvalue weighted by atomic mass is 79.9. The van der Waals surface area contributed by atoms with Crippen LogP contribution in [0.2, 0.25) is 0 Å². The Labute approximate surface area is 124 Å². The molecular formula is C16H13BrF2O. The van der Waals surface area contributed by atoms with Gasteiger partial charge in [0.1, 0.15) is 0 Å². The van der Waals surface area contributed by atoms with Crippen LogP contribution in [0.3, 0.4) is 0 Å². The Morgan fingerprint density at radius 2 is 1.95 bits per heavy atom. The number of carbonyl (C=O) groups is 1. The molecule has 0 saturated carbocycles. The molecule has 0 aliphatic heterocycles. The van der Waals surface area contributed by atoms with E-state index >= 15 is 0 Å². The minimum absolute atomic E-state index is 0.123. The molecule has 2 rings (SSSR count). The Balaban J connectivity index is 2.41. The molecule has 0 radical (unpaired) electrons. The average molecular weight is 339 g/mol. The van der Waals surface area contributed by atoms with E-state index in [9.17, 15) is 13.6 Å². The van der Waals surface area contributed by atoms with Crippen LogP contribution in [-0.2, 0) is 6.42 Å². The average Bonchev–Trinajstić information content (AvgIpc) is 2.45. The number of ketones is 1. The lowest BCUT2D eigenvalue weighted by Gasteiger charge is -2.07. The van der Waals surface area contributed by atoms with Gasteiger partial charge in [-0.15, -0.1) is 0 Å². The van der Waals surface area contributed by atoms with Gasteiger partial charge < -0.3 is 0 Å². The molecule has 20 heavy (non-hydrogen) atoms. The van der Waals surface area contributed by atoms with Gasteiger partial charge in [-0.3, -0.25) is 4.79 Å². The normalized spacial score (nSPS) is 10.6. The molecule has 0 atom stereocenters. The molecule has 0 spiro atoms. The van der Waals surface area contributed by atoms with Gasteiger partial charge in [0.05, 0.1) is 4.47 Å². The van der Waals surface area contributed by atoms with Crippen LogP contribution < -0.4 is 0 Å². The predicted octanol–water partition coefficient (Wildman–Crippen LogP) is 4.91. The summed E-state index contributed by atoms with van der Waals surface area (Å²) in [4.78, 5) is 12.4. The van der Waals surface area contributed by atoms with Crippen molar-refractivity contribution in [2.45, 2.75) is 19.8 Å². The molecule has 0 N–H and O–H groups in total. The number of aryl methyl sites for hydroxylation is 1. The molecule has 0 saturated heterocycles. The van der Waals surface area contributed by atoms with Crippen molar-refractivity contribution in [1.82, 2.24) is 0 Å². The summed E-state index contributed by atoms with van der Waals surface area (Å²) in [7, 11) is 0. The third kappa shape index (κ3) is 2.96.